The quantitative estimate of drug-likeness (QED) is 0.303. The normalized spacial score (nSPS) is 17.2. The van der Waals surface area contributed by atoms with E-state index in [2.05, 4.69) is 6.58 Å². The summed E-state index contributed by atoms with van der Waals surface area (Å²) in [6, 6.07) is -0.719. The number of nitrogens with zero attached hydrogens (tertiary/aromatic N) is 2. The summed E-state index contributed by atoms with van der Waals surface area (Å²) >= 11 is 0. The molecule has 0 aromatic carbocycles. The summed E-state index contributed by atoms with van der Waals surface area (Å²) in [4.78, 5) is 46.9. The zero-order valence-electron chi connectivity index (χ0n) is 10.4. The molecule has 18 heavy (non-hydrogen) atoms. The lowest BCUT2D eigenvalue weighted by Crippen LogP contribution is -2.38. The maximum Gasteiger partial charge on any atom is 0.334 e. The molecule has 7 nitrogen and oxygen atoms in total. The van der Waals surface area contributed by atoms with E-state index in [1.807, 2.05) is 0 Å². The molecule has 0 saturated carbocycles. The number of hydrogen-bond acceptors (Lipinski definition) is 5. The first kappa shape index (κ1) is 13.9. The highest BCUT2D eigenvalue weighted by molar-refractivity contribution is 6.44. The average Bonchev–Trinajstić information content (AvgIpc) is 2.46. The molecule has 1 unspecified atom stereocenters. The van der Waals surface area contributed by atoms with Crippen molar-refractivity contribution in [1.29, 1.82) is 0 Å². The molecule has 0 radical (unpaired) electrons. The van der Waals surface area contributed by atoms with Crippen molar-refractivity contribution < 1.29 is 23.9 Å². The van der Waals surface area contributed by atoms with Gasteiger partial charge in [-0.1, -0.05) is 6.58 Å². The fourth-order valence-electron chi connectivity index (χ4n) is 1.35. The van der Waals surface area contributed by atoms with Crippen molar-refractivity contribution >= 4 is 23.8 Å². The Hall–Kier alpha value is -2.18. The Morgan fingerprint density at radius 2 is 1.89 bits per heavy atom. The van der Waals surface area contributed by atoms with Crippen LogP contribution in [0.4, 0.5) is 4.79 Å². The minimum absolute atomic E-state index is 0.160. The number of carbonyl (C=O) groups is 4. The number of amides is 4. The molecule has 1 fully saturated rings. The van der Waals surface area contributed by atoms with Gasteiger partial charge in [0.25, 0.3) is 0 Å². The first-order valence-corrected chi connectivity index (χ1v) is 5.25. The molecular weight excluding hydrogens is 240 g/mol. The summed E-state index contributed by atoms with van der Waals surface area (Å²) < 4.78 is 4.93. The predicted octanol–water partition coefficient (Wildman–Crippen LogP) is -0.0852. The molecule has 1 saturated heterocycles. The topological polar surface area (TPSA) is 84.0 Å². The molecule has 4 amide bonds. The van der Waals surface area contributed by atoms with E-state index in [1.165, 1.54) is 20.9 Å². The molecule has 1 aliphatic heterocycles. The summed E-state index contributed by atoms with van der Waals surface area (Å²) in [6.07, 6.45) is -0.707. The Balaban J connectivity index is 2.66. The van der Waals surface area contributed by atoms with E-state index in [1.54, 1.807) is 0 Å². The molecule has 0 aromatic heterocycles. The number of rotatable bonds is 4. The van der Waals surface area contributed by atoms with Crippen LogP contribution < -0.4 is 0 Å². The molecule has 1 atom stereocenters. The molecule has 0 N–H and O–H groups in total. The molecular formula is C11H14N2O5. The second kappa shape index (κ2) is 4.99. The number of esters is 1. The Labute approximate surface area is 104 Å². The smallest absolute Gasteiger partial charge is 0.334 e. The van der Waals surface area contributed by atoms with Crippen LogP contribution in [0.5, 0.6) is 0 Å². The lowest BCUT2D eigenvalue weighted by molar-refractivity contribution is -0.147. The van der Waals surface area contributed by atoms with Gasteiger partial charge < -0.3 is 4.74 Å². The van der Waals surface area contributed by atoms with E-state index >= 15 is 0 Å². The Bertz CT molecular complexity index is 443. The van der Waals surface area contributed by atoms with Gasteiger partial charge in [0, 0.05) is 12.6 Å². The minimum atomic E-state index is -0.916. The molecule has 0 bridgehead atoms. The van der Waals surface area contributed by atoms with Crippen LogP contribution in [0.15, 0.2) is 12.2 Å². The molecule has 1 aliphatic rings. The van der Waals surface area contributed by atoms with Crippen LogP contribution in [0.1, 0.15) is 13.8 Å². The third kappa shape index (κ3) is 2.55. The Kier molecular flexibility index (Phi) is 3.85. The fraction of sp³-hybridized carbons (Fsp3) is 0.455. The number of likely N-dealkylation sites (N-methyl/N-ethyl adjacent to an activating group) is 1. The molecule has 0 aliphatic carbocycles. The Morgan fingerprint density at radius 1 is 1.33 bits per heavy atom. The number of ether oxygens (including phenoxy) is 1. The SMILES string of the molecule is C=C(C)C(=O)OC(C)CN1C(=O)C(=O)N(C)C1=O. The van der Waals surface area contributed by atoms with E-state index in [0.717, 1.165) is 9.80 Å². The van der Waals surface area contributed by atoms with Crippen LogP contribution in [0, 0.1) is 0 Å². The summed E-state index contributed by atoms with van der Waals surface area (Å²) in [5.74, 6) is -2.42. The van der Waals surface area contributed by atoms with Gasteiger partial charge in [0.2, 0.25) is 0 Å². The fourth-order valence-corrected chi connectivity index (χ4v) is 1.35. The van der Waals surface area contributed by atoms with Gasteiger partial charge in [0.15, 0.2) is 0 Å². The molecule has 1 heterocycles. The van der Waals surface area contributed by atoms with E-state index < -0.39 is 29.9 Å². The maximum atomic E-state index is 11.5. The number of carbonyl (C=O) groups excluding carboxylic acids is 4. The summed E-state index contributed by atoms with van der Waals surface area (Å²) in [7, 11) is 1.22. The maximum absolute atomic E-state index is 11.5. The van der Waals surface area contributed by atoms with Crippen LogP contribution in [0.25, 0.3) is 0 Å². The highest BCUT2D eigenvalue weighted by atomic mass is 16.5. The third-order valence-corrected chi connectivity index (χ3v) is 2.35. The Morgan fingerprint density at radius 3 is 2.28 bits per heavy atom. The monoisotopic (exact) mass is 254 g/mol. The number of imide groups is 2. The number of urea groups is 1. The van der Waals surface area contributed by atoms with Crippen molar-refractivity contribution in [2.45, 2.75) is 20.0 Å². The van der Waals surface area contributed by atoms with Crippen LogP contribution >= 0.6 is 0 Å². The largest absolute Gasteiger partial charge is 0.457 e. The van der Waals surface area contributed by atoms with Crippen molar-refractivity contribution in [2.24, 2.45) is 0 Å². The standard InChI is InChI=1S/C11H14N2O5/c1-6(2)10(16)18-7(3)5-13-9(15)8(14)12(4)11(13)17/h7H,1,5H2,2-4H3. The average molecular weight is 254 g/mol. The third-order valence-electron chi connectivity index (χ3n) is 2.35. The van der Waals surface area contributed by atoms with Gasteiger partial charge >= 0.3 is 23.8 Å². The highest BCUT2D eigenvalue weighted by Gasteiger charge is 2.42. The summed E-state index contributed by atoms with van der Waals surface area (Å²) in [5.41, 5.74) is 0.217. The van der Waals surface area contributed by atoms with E-state index in [0.29, 0.717) is 0 Å². The van der Waals surface area contributed by atoms with E-state index in [4.69, 9.17) is 4.74 Å². The van der Waals surface area contributed by atoms with E-state index in [9.17, 15) is 19.2 Å². The highest BCUT2D eigenvalue weighted by Crippen LogP contribution is 2.11. The van der Waals surface area contributed by atoms with Crippen molar-refractivity contribution in [3.05, 3.63) is 12.2 Å². The molecule has 98 valence electrons. The van der Waals surface area contributed by atoms with Crippen LogP contribution in [0.2, 0.25) is 0 Å². The second-order valence-corrected chi connectivity index (χ2v) is 4.06. The molecule has 7 heteroatoms. The minimum Gasteiger partial charge on any atom is -0.457 e. The first-order chi connectivity index (χ1) is 8.25. The molecule has 1 rings (SSSR count). The lowest BCUT2D eigenvalue weighted by atomic mass is 10.3. The predicted molar refractivity (Wildman–Crippen MR) is 60.2 cm³/mol. The first-order valence-electron chi connectivity index (χ1n) is 5.25. The van der Waals surface area contributed by atoms with Gasteiger partial charge in [0.1, 0.15) is 6.10 Å². The molecule has 0 aromatic rings. The lowest BCUT2D eigenvalue weighted by Gasteiger charge is -2.18. The van der Waals surface area contributed by atoms with Gasteiger partial charge in [-0.25, -0.2) is 9.59 Å². The van der Waals surface area contributed by atoms with Crippen molar-refractivity contribution in [1.82, 2.24) is 9.80 Å². The summed E-state index contributed by atoms with van der Waals surface area (Å²) in [6.45, 7) is 6.25. The zero-order chi connectivity index (χ0) is 14.0. The van der Waals surface area contributed by atoms with Crippen LogP contribution in [-0.2, 0) is 19.1 Å². The van der Waals surface area contributed by atoms with Gasteiger partial charge in [0.05, 0.1) is 6.54 Å². The van der Waals surface area contributed by atoms with E-state index in [-0.39, 0.29) is 12.1 Å². The number of hydrogen-bond donors (Lipinski definition) is 0. The van der Waals surface area contributed by atoms with Gasteiger partial charge in [-0.05, 0) is 13.8 Å². The van der Waals surface area contributed by atoms with Crippen LogP contribution in [-0.4, -0.2) is 53.3 Å². The van der Waals surface area contributed by atoms with Crippen molar-refractivity contribution in [3.8, 4) is 0 Å². The molecule has 0 spiro atoms. The summed E-state index contributed by atoms with van der Waals surface area (Å²) in [5, 5.41) is 0. The van der Waals surface area contributed by atoms with Crippen molar-refractivity contribution in [3.63, 3.8) is 0 Å². The zero-order valence-corrected chi connectivity index (χ0v) is 10.4. The van der Waals surface area contributed by atoms with Gasteiger partial charge in [-0.15, -0.1) is 0 Å². The second-order valence-electron chi connectivity index (χ2n) is 4.06. The van der Waals surface area contributed by atoms with Gasteiger partial charge in [-0.2, -0.15) is 0 Å². The van der Waals surface area contributed by atoms with Crippen molar-refractivity contribution in [2.75, 3.05) is 13.6 Å². The van der Waals surface area contributed by atoms with Crippen LogP contribution in [0.3, 0.4) is 0 Å². The van der Waals surface area contributed by atoms with Gasteiger partial charge in [-0.3, -0.25) is 19.4 Å².